The van der Waals surface area contributed by atoms with Crippen molar-refractivity contribution in [3.05, 3.63) is 29.5 Å². The third kappa shape index (κ3) is 2.53. The molecule has 0 aliphatic carbocycles. The van der Waals surface area contributed by atoms with Crippen molar-refractivity contribution < 1.29 is 24.2 Å². The van der Waals surface area contributed by atoms with Gasteiger partial charge in [0.05, 0.1) is 11.3 Å². The number of nitriles is 1. The summed E-state index contributed by atoms with van der Waals surface area (Å²) >= 11 is 0. The first kappa shape index (κ1) is 14.7. The Kier molecular flexibility index (Phi) is 3.54. The van der Waals surface area contributed by atoms with E-state index in [4.69, 9.17) is 14.6 Å². The number of benzene rings is 1. The van der Waals surface area contributed by atoms with Crippen LogP contribution in [-0.4, -0.2) is 53.4 Å². The zero-order valence-electron chi connectivity index (χ0n) is 12.0. The molecule has 23 heavy (non-hydrogen) atoms. The lowest BCUT2D eigenvalue weighted by Gasteiger charge is -2.35. The normalized spacial score (nSPS) is 14.7. The van der Waals surface area contributed by atoms with E-state index in [1.807, 2.05) is 4.90 Å². The molecule has 2 aromatic rings. The van der Waals surface area contributed by atoms with Gasteiger partial charge in [0.15, 0.2) is 0 Å². The Labute approximate surface area is 130 Å². The lowest BCUT2D eigenvalue weighted by atomic mass is 10.1. The molecule has 1 fully saturated rings. The predicted molar refractivity (Wildman–Crippen MR) is 79.7 cm³/mol. The number of hydrogen-bond donors (Lipinski definition) is 2. The molecule has 118 valence electrons. The Hall–Kier alpha value is -3.21. The van der Waals surface area contributed by atoms with Crippen LogP contribution in [0.4, 0.5) is 10.5 Å². The highest BCUT2D eigenvalue weighted by Crippen LogP contribution is 2.31. The molecule has 1 aliphatic rings. The summed E-state index contributed by atoms with van der Waals surface area (Å²) in [7, 11) is 0. The van der Waals surface area contributed by atoms with E-state index < -0.39 is 12.1 Å². The summed E-state index contributed by atoms with van der Waals surface area (Å²) < 4.78 is 5.21. The number of fused-ring (bicyclic) bond motifs is 1. The minimum absolute atomic E-state index is 0.218. The van der Waals surface area contributed by atoms with Gasteiger partial charge in [-0.3, -0.25) is 0 Å². The molecule has 0 radical (unpaired) electrons. The van der Waals surface area contributed by atoms with Gasteiger partial charge in [-0.2, -0.15) is 5.26 Å². The third-order valence-electron chi connectivity index (χ3n) is 3.89. The Balaban J connectivity index is 1.97. The van der Waals surface area contributed by atoms with E-state index in [1.165, 1.54) is 11.0 Å². The number of anilines is 1. The molecule has 2 N–H and O–H groups in total. The van der Waals surface area contributed by atoms with Crippen LogP contribution in [-0.2, 0) is 0 Å². The van der Waals surface area contributed by atoms with Crippen LogP contribution in [0, 0.1) is 11.3 Å². The van der Waals surface area contributed by atoms with Crippen LogP contribution in [0.5, 0.6) is 0 Å². The summed E-state index contributed by atoms with van der Waals surface area (Å²) in [6, 6.07) is 6.77. The summed E-state index contributed by atoms with van der Waals surface area (Å²) in [6.07, 6.45) is -0.957. The lowest BCUT2D eigenvalue weighted by Crippen LogP contribution is -2.48. The first-order valence-corrected chi connectivity index (χ1v) is 6.94. The molecule has 1 aromatic carbocycles. The van der Waals surface area contributed by atoms with Crippen LogP contribution in [0.3, 0.4) is 0 Å². The monoisotopic (exact) mass is 315 g/mol. The molecule has 1 amide bonds. The van der Waals surface area contributed by atoms with Crippen LogP contribution in [0.15, 0.2) is 22.6 Å². The Morgan fingerprint density at radius 3 is 2.43 bits per heavy atom. The van der Waals surface area contributed by atoms with E-state index in [2.05, 4.69) is 6.07 Å². The van der Waals surface area contributed by atoms with E-state index in [0.717, 1.165) is 0 Å². The molecule has 0 bridgehead atoms. The molecule has 1 aliphatic heterocycles. The molecular weight excluding hydrogens is 302 g/mol. The largest absolute Gasteiger partial charge is 0.475 e. The van der Waals surface area contributed by atoms with Crippen molar-refractivity contribution in [3.63, 3.8) is 0 Å². The second-order valence-corrected chi connectivity index (χ2v) is 5.16. The van der Waals surface area contributed by atoms with E-state index >= 15 is 0 Å². The van der Waals surface area contributed by atoms with E-state index in [1.54, 1.807) is 12.1 Å². The van der Waals surface area contributed by atoms with Crippen molar-refractivity contribution in [1.82, 2.24) is 4.90 Å². The van der Waals surface area contributed by atoms with Crippen molar-refractivity contribution in [2.24, 2.45) is 0 Å². The average Bonchev–Trinajstić information content (AvgIpc) is 2.98. The van der Waals surface area contributed by atoms with Crippen LogP contribution < -0.4 is 4.90 Å². The van der Waals surface area contributed by atoms with Gasteiger partial charge in [0.2, 0.25) is 5.76 Å². The maximum Gasteiger partial charge on any atom is 0.407 e. The van der Waals surface area contributed by atoms with Crippen molar-refractivity contribution in [2.75, 3.05) is 31.1 Å². The second kappa shape index (κ2) is 5.53. The number of amides is 1. The van der Waals surface area contributed by atoms with Crippen molar-refractivity contribution in [2.45, 2.75) is 0 Å². The first-order chi connectivity index (χ1) is 11.0. The fraction of sp³-hybridized carbons (Fsp3) is 0.267. The van der Waals surface area contributed by atoms with Gasteiger partial charge in [-0.25, -0.2) is 9.59 Å². The Morgan fingerprint density at radius 1 is 1.17 bits per heavy atom. The van der Waals surface area contributed by atoms with Crippen molar-refractivity contribution in [1.29, 1.82) is 5.26 Å². The second-order valence-electron chi connectivity index (χ2n) is 5.16. The summed E-state index contributed by atoms with van der Waals surface area (Å²) in [4.78, 5) is 25.2. The molecule has 1 aromatic heterocycles. The summed E-state index contributed by atoms with van der Waals surface area (Å²) in [5, 5.41) is 27.9. The number of furan rings is 1. The summed E-state index contributed by atoms with van der Waals surface area (Å²) in [6.45, 7) is 1.64. The average molecular weight is 315 g/mol. The molecular formula is C15H13N3O5. The van der Waals surface area contributed by atoms with E-state index in [-0.39, 0.29) is 5.76 Å². The summed E-state index contributed by atoms with van der Waals surface area (Å²) in [5.74, 6) is -1.41. The molecule has 0 spiro atoms. The Bertz CT molecular complexity index is 827. The number of nitrogens with zero attached hydrogens (tertiary/aromatic N) is 3. The van der Waals surface area contributed by atoms with Gasteiger partial charge < -0.3 is 24.4 Å². The van der Waals surface area contributed by atoms with Gasteiger partial charge in [0, 0.05) is 37.6 Å². The number of hydrogen-bond acceptors (Lipinski definition) is 5. The van der Waals surface area contributed by atoms with Gasteiger partial charge >= 0.3 is 12.1 Å². The van der Waals surface area contributed by atoms with Crippen LogP contribution in [0.2, 0.25) is 0 Å². The highest BCUT2D eigenvalue weighted by atomic mass is 16.4. The van der Waals surface area contributed by atoms with Crippen molar-refractivity contribution in [3.8, 4) is 6.07 Å². The topological polar surface area (TPSA) is 118 Å². The maximum absolute atomic E-state index is 11.0. The molecule has 0 unspecified atom stereocenters. The predicted octanol–water partition coefficient (Wildman–Crippen LogP) is 1.80. The molecule has 8 heteroatoms. The van der Waals surface area contributed by atoms with Gasteiger partial charge in [0.25, 0.3) is 0 Å². The number of piperazine rings is 1. The first-order valence-electron chi connectivity index (χ1n) is 6.94. The quantitative estimate of drug-likeness (QED) is 0.867. The number of carboxylic acids is 1. The highest BCUT2D eigenvalue weighted by Gasteiger charge is 2.24. The zero-order valence-corrected chi connectivity index (χ0v) is 12.0. The molecule has 0 saturated carbocycles. The standard InChI is InChI=1S/C15H13N3O5/c16-8-10-9-7-13(14(19)20)23-12(9)2-1-11(10)17-3-5-18(6-4-17)15(21)22/h1-2,7H,3-6H2,(H,19,20)(H,21,22). The fourth-order valence-corrected chi connectivity index (χ4v) is 2.73. The highest BCUT2D eigenvalue weighted by molar-refractivity contribution is 5.96. The van der Waals surface area contributed by atoms with Crippen LogP contribution >= 0.6 is 0 Å². The fourth-order valence-electron chi connectivity index (χ4n) is 2.73. The van der Waals surface area contributed by atoms with Crippen LogP contribution in [0.1, 0.15) is 16.1 Å². The molecule has 3 rings (SSSR count). The molecule has 8 nitrogen and oxygen atoms in total. The minimum Gasteiger partial charge on any atom is -0.475 e. The number of carboxylic acid groups (broad SMARTS) is 2. The van der Waals surface area contributed by atoms with Gasteiger partial charge in [-0.1, -0.05) is 0 Å². The minimum atomic E-state index is -1.19. The molecule has 1 saturated heterocycles. The SMILES string of the molecule is N#Cc1c(N2CCN(C(=O)O)CC2)ccc2oc(C(=O)O)cc12. The number of aromatic carboxylic acids is 1. The van der Waals surface area contributed by atoms with Crippen molar-refractivity contribution >= 4 is 28.7 Å². The lowest BCUT2D eigenvalue weighted by molar-refractivity contribution is 0.0665. The van der Waals surface area contributed by atoms with Gasteiger partial charge in [-0.15, -0.1) is 0 Å². The number of carbonyl (C=O) groups is 2. The molecule has 0 atom stereocenters. The number of rotatable bonds is 2. The summed E-state index contributed by atoms with van der Waals surface area (Å²) in [5.41, 5.74) is 1.33. The van der Waals surface area contributed by atoms with E-state index in [9.17, 15) is 14.9 Å². The van der Waals surface area contributed by atoms with Gasteiger partial charge in [0.1, 0.15) is 11.7 Å². The van der Waals surface area contributed by atoms with E-state index in [0.29, 0.717) is 48.4 Å². The molecule has 2 heterocycles. The smallest absolute Gasteiger partial charge is 0.407 e. The Morgan fingerprint density at radius 2 is 1.87 bits per heavy atom. The maximum atomic E-state index is 11.0. The third-order valence-corrected chi connectivity index (χ3v) is 3.89. The van der Waals surface area contributed by atoms with Crippen LogP contribution in [0.25, 0.3) is 11.0 Å². The zero-order chi connectivity index (χ0) is 16.6. The van der Waals surface area contributed by atoms with Gasteiger partial charge in [-0.05, 0) is 12.1 Å².